The van der Waals surface area contributed by atoms with E-state index in [1.54, 1.807) is 0 Å². The monoisotopic (exact) mass is 318 g/mol. The Kier molecular flexibility index (Phi) is 4.82. The van der Waals surface area contributed by atoms with E-state index < -0.39 is 0 Å². The zero-order valence-corrected chi connectivity index (χ0v) is 13.5. The number of nitriles is 1. The Labute approximate surface area is 140 Å². The van der Waals surface area contributed by atoms with Crippen LogP contribution < -0.4 is 10.6 Å². The zero-order chi connectivity index (χ0) is 16.8. The number of hydrogen-bond acceptors (Lipinski definition) is 6. The standard InChI is InChI=1S/C18H18N6/c1-2-3-7-20-16-6-4-5-13-8-17(23-11-15(13)16)24-18-12-21-14(9-19)10-22-18/h4-6,8,10-12,20H,2-3,7H2,1H3,(H,22,23,24). The summed E-state index contributed by atoms with van der Waals surface area (Å²) in [5.74, 6) is 1.24. The van der Waals surface area contributed by atoms with Crippen LogP contribution >= 0.6 is 0 Å². The van der Waals surface area contributed by atoms with Crippen LogP contribution in [0.25, 0.3) is 10.8 Å². The van der Waals surface area contributed by atoms with Crippen molar-refractivity contribution in [2.75, 3.05) is 17.2 Å². The largest absolute Gasteiger partial charge is 0.384 e. The SMILES string of the molecule is CCCCNc1cccc2cc(Nc3cnc(C#N)cn3)ncc12. The molecular weight excluding hydrogens is 300 g/mol. The van der Waals surface area contributed by atoms with Crippen molar-refractivity contribution >= 4 is 28.1 Å². The number of pyridine rings is 1. The van der Waals surface area contributed by atoms with Crippen LogP contribution in [0, 0.1) is 11.3 Å². The first-order valence-corrected chi connectivity index (χ1v) is 7.92. The van der Waals surface area contributed by atoms with Gasteiger partial charge in [0.1, 0.15) is 17.7 Å². The summed E-state index contributed by atoms with van der Waals surface area (Å²) in [6, 6.07) is 10.1. The smallest absolute Gasteiger partial charge is 0.158 e. The number of rotatable bonds is 6. The van der Waals surface area contributed by atoms with Crippen LogP contribution in [0.2, 0.25) is 0 Å². The first-order chi connectivity index (χ1) is 11.8. The molecule has 0 saturated heterocycles. The van der Waals surface area contributed by atoms with Gasteiger partial charge in [-0.3, -0.25) is 0 Å². The highest BCUT2D eigenvalue weighted by molar-refractivity contribution is 5.94. The molecule has 0 saturated carbocycles. The maximum absolute atomic E-state index is 8.75. The van der Waals surface area contributed by atoms with Gasteiger partial charge in [-0.15, -0.1) is 0 Å². The van der Waals surface area contributed by atoms with E-state index in [4.69, 9.17) is 5.26 Å². The summed E-state index contributed by atoms with van der Waals surface area (Å²) in [5, 5.41) is 17.5. The van der Waals surface area contributed by atoms with Gasteiger partial charge in [0.05, 0.1) is 12.4 Å². The maximum atomic E-state index is 8.75. The Morgan fingerprint density at radius 2 is 1.96 bits per heavy atom. The lowest BCUT2D eigenvalue weighted by molar-refractivity contribution is 0.835. The molecule has 0 aliphatic heterocycles. The summed E-state index contributed by atoms with van der Waals surface area (Å²) in [5.41, 5.74) is 1.38. The summed E-state index contributed by atoms with van der Waals surface area (Å²) in [7, 11) is 0. The number of nitrogens with one attached hydrogen (secondary N) is 2. The molecule has 3 rings (SSSR count). The van der Waals surface area contributed by atoms with E-state index in [9.17, 15) is 0 Å². The second-order valence-electron chi connectivity index (χ2n) is 5.40. The van der Waals surface area contributed by atoms with Gasteiger partial charge >= 0.3 is 0 Å². The van der Waals surface area contributed by atoms with Crippen LogP contribution in [-0.2, 0) is 0 Å². The van der Waals surface area contributed by atoms with Crippen molar-refractivity contribution in [3.05, 3.63) is 48.5 Å². The van der Waals surface area contributed by atoms with E-state index in [-0.39, 0.29) is 5.69 Å². The van der Waals surface area contributed by atoms with E-state index >= 15 is 0 Å². The second kappa shape index (κ2) is 7.38. The predicted octanol–water partition coefficient (Wildman–Crippen LogP) is 3.85. The molecular formula is C18H18N6. The Morgan fingerprint density at radius 3 is 2.71 bits per heavy atom. The predicted molar refractivity (Wildman–Crippen MR) is 95.2 cm³/mol. The van der Waals surface area contributed by atoms with Crippen molar-refractivity contribution < 1.29 is 0 Å². The summed E-state index contributed by atoms with van der Waals surface area (Å²) >= 11 is 0. The van der Waals surface area contributed by atoms with Crippen molar-refractivity contribution in [3.63, 3.8) is 0 Å². The Hall–Kier alpha value is -3.20. The molecule has 2 N–H and O–H groups in total. The minimum absolute atomic E-state index is 0.287. The average molecular weight is 318 g/mol. The van der Waals surface area contributed by atoms with Crippen LogP contribution in [0.15, 0.2) is 42.9 Å². The van der Waals surface area contributed by atoms with Gasteiger partial charge in [0.2, 0.25) is 0 Å². The van der Waals surface area contributed by atoms with Crippen LogP contribution in [0.5, 0.6) is 0 Å². The van der Waals surface area contributed by atoms with Crippen molar-refractivity contribution in [1.82, 2.24) is 15.0 Å². The molecule has 6 nitrogen and oxygen atoms in total. The second-order valence-corrected chi connectivity index (χ2v) is 5.40. The van der Waals surface area contributed by atoms with E-state index in [1.807, 2.05) is 24.4 Å². The van der Waals surface area contributed by atoms with Gasteiger partial charge in [0, 0.05) is 23.8 Å². The molecule has 6 heteroatoms. The highest BCUT2D eigenvalue weighted by atomic mass is 15.1. The highest BCUT2D eigenvalue weighted by Gasteiger charge is 2.04. The van der Waals surface area contributed by atoms with Crippen molar-refractivity contribution in [2.24, 2.45) is 0 Å². The third-order valence-corrected chi connectivity index (χ3v) is 3.63. The number of anilines is 3. The molecule has 0 atom stereocenters. The topological polar surface area (TPSA) is 86.5 Å². The first kappa shape index (κ1) is 15.7. The minimum Gasteiger partial charge on any atom is -0.384 e. The van der Waals surface area contributed by atoms with Gasteiger partial charge in [-0.1, -0.05) is 25.5 Å². The quantitative estimate of drug-likeness (QED) is 0.671. The fourth-order valence-electron chi connectivity index (χ4n) is 2.38. The van der Waals surface area contributed by atoms with Crippen LogP contribution in [0.3, 0.4) is 0 Å². The number of fused-ring (bicyclic) bond motifs is 1. The maximum Gasteiger partial charge on any atom is 0.158 e. The lowest BCUT2D eigenvalue weighted by Crippen LogP contribution is -2.02. The summed E-state index contributed by atoms with van der Waals surface area (Å²) < 4.78 is 0. The average Bonchev–Trinajstić information content (AvgIpc) is 2.62. The number of aromatic nitrogens is 3. The number of hydrogen-bond donors (Lipinski definition) is 2. The molecule has 1 aromatic carbocycles. The van der Waals surface area contributed by atoms with Gasteiger partial charge in [-0.2, -0.15) is 5.26 Å². The molecule has 24 heavy (non-hydrogen) atoms. The molecule has 0 aliphatic carbocycles. The summed E-state index contributed by atoms with van der Waals surface area (Å²) in [6.07, 6.45) is 7.10. The third-order valence-electron chi connectivity index (χ3n) is 3.63. The molecule has 0 amide bonds. The van der Waals surface area contributed by atoms with Gasteiger partial charge in [0.25, 0.3) is 0 Å². The molecule has 0 radical (unpaired) electrons. The number of benzene rings is 1. The first-order valence-electron chi connectivity index (χ1n) is 7.92. The molecule has 0 unspecified atom stereocenters. The molecule has 0 aliphatic rings. The van der Waals surface area contributed by atoms with Crippen LogP contribution in [0.4, 0.5) is 17.3 Å². The third kappa shape index (κ3) is 3.58. The molecule has 0 bridgehead atoms. The van der Waals surface area contributed by atoms with Gasteiger partial charge in [0.15, 0.2) is 5.69 Å². The van der Waals surface area contributed by atoms with E-state index in [1.165, 1.54) is 12.4 Å². The lowest BCUT2D eigenvalue weighted by Gasteiger charge is -2.10. The summed E-state index contributed by atoms with van der Waals surface area (Å²) in [4.78, 5) is 12.6. The fraction of sp³-hybridized carbons (Fsp3) is 0.222. The van der Waals surface area contributed by atoms with Crippen LogP contribution in [0.1, 0.15) is 25.5 Å². The van der Waals surface area contributed by atoms with Crippen molar-refractivity contribution in [3.8, 4) is 6.07 Å². The normalized spacial score (nSPS) is 10.3. The molecule has 0 fully saturated rings. The number of unbranched alkanes of at least 4 members (excludes halogenated alkanes) is 1. The number of nitrogens with zero attached hydrogens (tertiary/aromatic N) is 4. The van der Waals surface area contributed by atoms with Gasteiger partial charge in [-0.25, -0.2) is 15.0 Å². The Morgan fingerprint density at radius 1 is 1.08 bits per heavy atom. The van der Waals surface area contributed by atoms with Crippen molar-refractivity contribution in [2.45, 2.75) is 19.8 Å². The van der Waals surface area contributed by atoms with Gasteiger partial charge < -0.3 is 10.6 Å². The zero-order valence-electron chi connectivity index (χ0n) is 13.5. The fourth-order valence-corrected chi connectivity index (χ4v) is 2.38. The molecule has 120 valence electrons. The minimum atomic E-state index is 0.287. The molecule has 2 heterocycles. The highest BCUT2D eigenvalue weighted by Crippen LogP contribution is 2.25. The van der Waals surface area contributed by atoms with Gasteiger partial charge in [-0.05, 0) is 23.9 Å². The van der Waals surface area contributed by atoms with E-state index in [0.29, 0.717) is 11.6 Å². The van der Waals surface area contributed by atoms with Crippen molar-refractivity contribution in [1.29, 1.82) is 5.26 Å². The Balaban J connectivity index is 1.81. The van der Waals surface area contributed by atoms with Crippen LogP contribution in [-0.4, -0.2) is 21.5 Å². The molecule has 2 aromatic heterocycles. The molecule has 3 aromatic rings. The van der Waals surface area contributed by atoms with E-state index in [2.05, 4.69) is 44.6 Å². The van der Waals surface area contributed by atoms with E-state index in [0.717, 1.165) is 35.8 Å². The summed E-state index contributed by atoms with van der Waals surface area (Å²) in [6.45, 7) is 3.13. The lowest BCUT2D eigenvalue weighted by atomic mass is 10.1. The molecule has 0 spiro atoms. The Bertz CT molecular complexity index is 867.